The maximum atomic E-state index is 13.4. The van der Waals surface area contributed by atoms with Crippen LogP contribution >= 0.6 is 0 Å². The maximum Gasteiger partial charge on any atom is 0.241 e. The van der Waals surface area contributed by atoms with Gasteiger partial charge in [0.2, 0.25) is 11.8 Å². The van der Waals surface area contributed by atoms with Crippen LogP contribution in [0.25, 0.3) is 0 Å². The van der Waals surface area contributed by atoms with Crippen LogP contribution in [0.1, 0.15) is 37.3 Å². The number of hydrogen-bond donors (Lipinski definition) is 0. The minimum atomic E-state index is -0.358. The average Bonchev–Trinajstić information content (AvgIpc) is 2.74. The molecule has 2 aromatic rings. The van der Waals surface area contributed by atoms with Crippen LogP contribution in [0.15, 0.2) is 36.7 Å². The number of rotatable bonds is 4. The molecule has 0 spiro atoms. The summed E-state index contributed by atoms with van der Waals surface area (Å²) >= 11 is 0. The zero-order chi connectivity index (χ0) is 19.3. The highest BCUT2D eigenvalue weighted by Gasteiger charge is 2.31. The van der Waals surface area contributed by atoms with E-state index in [0.717, 1.165) is 31.4 Å². The van der Waals surface area contributed by atoms with E-state index in [0.29, 0.717) is 37.9 Å². The van der Waals surface area contributed by atoms with Crippen LogP contribution in [-0.2, 0) is 9.53 Å². The fraction of sp³-hybridized carbons (Fsp3) is 0.476. The second-order valence-corrected chi connectivity index (χ2v) is 7.29. The second-order valence-electron chi connectivity index (χ2n) is 7.29. The third kappa shape index (κ3) is 4.30. The monoisotopic (exact) mass is 385 g/mol. The molecule has 0 aliphatic carbocycles. The Morgan fingerprint density at radius 2 is 1.86 bits per heavy atom. The highest BCUT2D eigenvalue weighted by Crippen LogP contribution is 2.34. The molecule has 0 radical (unpaired) electrons. The molecular weight excluding hydrogens is 361 g/mol. The lowest BCUT2D eigenvalue weighted by molar-refractivity contribution is -0.139. The SMILES string of the molecule is O=C(C1CCOCC1)N1CCC(c2nccnc2Oc2cccc(F)c2)CC1. The largest absolute Gasteiger partial charge is 0.437 e. The zero-order valence-electron chi connectivity index (χ0n) is 15.7. The highest BCUT2D eigenvalue weighted by molar-refractivity contribution is 5.79. The summed E-state index contributed by atoms with van der Waals surface area (Å²) < 4.78 is 24.6. The van der Waals surface area contributed by atoms with Gasteiger partial charge in [-0.25, -0.2) is 9.37 Å². The number of amides is 1. The third-order valence-electron chi connectivity index (χ3n) is 5.47. The van der Waals surface area contributed by atoms with Gasteiger partial charge in [0.05, 0.1) is 0 Å². The van der Waals surface area contributed by atoms with Gasteiger partial charge < -0.3 is 14.4 Å². The summed E-state index contributed by atoms with van der Waals surface area (Å²) in [5.74, 6) is 0.945. The molecule has 1 aromatic heterocycles. The van der Waals surface area contributed by atoms with E-state index in [1.165, 1.54) is 12.1 Å². The molecule has 7 heteroatoms. The quantitative estimate of drug-likeness (QED) is 0.805. The summed E-state index contributed by atoms with van der Waals surface area (Å²) in [5.41, 5.74) is 0.768. The van der Waals surface area contributed by atoms with Crippen molar-refractivity contribution in [3.63, 3.8) is 0 Å². The lowest BCUT2D eigenvalue weighted by Gasteiger charge is -2.35. The molecule has 0 bridgehead atoms. The number of nitrogens with zero attached hydrogens (tertiary/aromatic N) is 3. The van der Waals surface area contributed by atoms with Gasteiger partial charge in [-0.2, -0.15) is 0 Å². The molecule has 2 saturated heterocycles. The first kappa shape index (κ1) is 18.8. The molecular formula is C21H24FN3O3. The number of ether oxygens (including phenoxy) is 2. The van der Waals surface area contributed by atoms with Crippen LogP contribution in [0.3, 0.4) is 0 Å². The lowest BCUT2D eigenvalue weighted by Crippen LogP contribution is -2.42. The summed E-state index contributed by atoms with van der Waals surface area (Å²) in [5, 5.41) is 0. The number of carbonyl (C=O) groups is 1. The Kier molecular flexibility index (Phi) is 5.81. The molecule has 1 amide bonds. The molecule has 4 rings (SSSR count). The summed E-state index contributed by atoms with van der Waals surface area (Å²) in [4.78, 5) is 23.5. The Morgan fingerprint density at radius 1 is 1.11 bits per heavy atom. The molecule has 2 aliphatic heterocycles. The number of aromatic nitrogens is 2. The first-order valence-corrected chi connectivity index (χ1v) is 9.81. The van der Waals surface area contributed by atoms with E-state index >= 15 is 0 Å². The van der Waals surface area contributed by atoms with Crippen molar-refractivity contribution >= 4 is 5.91 Å². The second kappa shape index (κ2) is 8.65. The van der Waals surface area contributed by atoms with E-state index in [4.69, 9.17) is 9.47 Å². The van der Waals surface area contributed by atoms with Crippen LogP contribution in [0.5, 0.6) is 11.6 Å². The number of hydrogen-bond acceptors (Lipinski definition) is 5. The van der Waals surface area contributed by atoms with Gasteiger partial charge in [0, 0.05) is 56.6 Å². The van der Waals surface area contributed by atoms with Gasteiger partial charge in [0.25, 0.3) is 0 Å². The number of carbonyl (C=O) groups excluding carboxylic acids is 1. The van der Waals surface area contributed by atoms with Gasteiger partial charge in [-0.1, -0.05) is 6.07 Å². The van der Waals surface area contributed by atoms with E-state index in [-0.39, 0.29) is 23.6 Å². The van der Waals surface area contributed by atoms with Crippen molar-refractivity contribution in [2.24, 2.45) is 5.92 Å². The van der Waals surface area contributed by atoms with Gasteiger partial charge in [-0.3, -0.25) is 9.78 Å². The van der Waals surface area contributed by atoms with Crippen LogP contribution in [-0.4, -0.2) is 47.1 Å². The maximum absolute atomic E-state index is 13.4. The number of piperidine rings is 1. The molecule has 28 heavy (non-hydrogen) atoms. The van der Waals surface area contributed by atoms with E-state index in [9.17, 15) is 9.18 Å². The molecule has 2 fully saturated rings. The zero-order valence-corrected chi connectivity index (χ0v) is 15.7. The van der Waals surface area contributed by atoms with Crippen LogP contribution in [0.2, 0.25) is 0 Å². The summed E-state index contributed by atoms with van der Waals surface area (Å²) in [7, 11) is 0. The average molecular weight is 385 g/mol. The van der Waals surface area contributed by atoms with Crippen LogP contribution < -0.4 is 4.74 Å². The fourth-order valence-corrected chi connectivity index (χ4v) is 3.91. The minimum Gasteiger partial charge on any atom is -0.437 e. The molecule has 2 aliphatic rings. The molecule has 6 nitrogen and oxygen atoms in total. The Labute approximate surface area is 163 Å². The minimum absolute atomic E-state index is 0.0914. The highest BCUT2D eigenvalue weighted by atomic mass is 19.1. The third-order valence-corrected chi connectivity index (χ3v) is 5.47. The van der Waals surface area contributed by atoms with Crippen molar-refractivity contribution < 1.29 is 18.7 Å². The van der Waals surface area contributed by atoms with E-state index in [1.807, 2.05) is 4.90 Å². The fourth-order valence-electron chi connectivity index (χ4n) is 3.91. The predicted molar refractivity (Wildman–Crippen MR) is 101 cm³/mol. The van der Waals surface area contributed by atoms with Gasteiger partial charge in [0.15, 0.2) is 0 Å². The molecule has 0 N–H and O–H groups in total. The predicted octanol–water partition coefficient (Wildman–Crippen LogP) is 3.54. The van der Waals surface area contributed by atoms with Crippen molar-refractivity contribution in [1.82, 2.24) is 14.9 Å². The normalized spacial score (nSPS) is 18.8. The number of likely N-dealkylation sites (tertiary alicyclic amines) is 1. The standard InChI is InChI=1S/C21H24FN3O3/c22-17-2-1-3-18(14-17)28-20-19(23-8-9-24-20)15-4-10-25(11-5-15)21(26)16-6-12-27-13-7-16/h1-3,8-9,14-16H,4-7,10-13H2. The van der Waals surface area contributed by atoms with Gasteiger partial charge in [-0.15, -0.1) is 0 Å². The number of benzene rings is 1. The van der Waals surface area contributed by atoms with Crippen molar-refractivity contribution in [1.29, 1.82) is 0 Å². The lowest BCUT2D eigenvalue weighted by atomic mass is 9.91. The summed E-state index contributed by atoms with van der Waals surface area (Å²) in [6.07, 6.45) is 6.47. The van der Waals surface area contributed by atoms with Crippen LogP contribution in [0, 0.1) is 11.7 Å². The van der Waals surface area contributed by atoms with Crippen molar-refractivity contribution in [2.75, 3.05) is 26.3 Å². The van der Waals surface area contributed by atoms with Gasteiger partial charge in [-0.05, 0) is 37.8 Å². The first-order chi connectivity index (χ1) is 13.7. The van der Waals surface area contributed by atoms with Crippen molar-refractivity contribution in [3.05, 3.63) is 48.2 Å². The Bertz CT molecular complexity index is 818. The molecule has 148 valence electrons. The van der Waals surface area contributed by atoms with E-state index in [1.54, 1.807) is 24.5 Å². The van der Waals surface area contributed by atoms with Crippen molar-refractivity contribution in [2.45, 2.75) is 31.6 Å². The molecule has 3 heterocycles. The molecule has 0 saturated carbocycles. The Balaban J connectivity index is 1.41. The van der Waals surface area contributed by atoms with E-state index < -0.39 is 0 Å². The van der Waals surface area contributed by atoms with Gasteiger partial charge >= 0.3 is 0 Å². The number of halogens is 1. The molecule has 1 aromatic carbocycles. The molecule has 0 atom stereocenters. The Hall–Kier alpha value is -2.54. The van der Waals surface area contributed by atoms with E-state index in [2.05, 4.69) is 9.97 Å². The topological polar surface area (TPSA) is 64.5 Å². The van der Waals surface area contributed by atoms with Crippen molar-refractivity contribution in [3.8, 4) is 11.6 Å². The van der Waals surface area contributed by atoms with Gasteiger partial charge in [0.1, 0.15) is 17.3 Å². The summed E-state index contributed by atoms with van der Waals surface area (Å²) in [6.45, 7) is 2.76. The molecule has 0 unspecified atom stereocenters. The Morgan fingerprint density at radius 3 is 2.61 bits per heavy atom. The smallest absolute Gasteiger partial charge is 0.241 e. The van der Waals surface area contributed by atoms with Crippen LogP contribution in [0.4, 0.5) is 4.39 Å². The first-order valence-electron chi connectivity index (χ1n) is 9.81. The summed E-state index contributed by atoms with van der Waals surface area (Å²) in [6, 6.07) is 5.99.